The van der Waals surface area contributed by atoms with E-state index < -0.39 is 23.7 Å². The molecule has 36 heavy (non-hydrogen) atoms. The first kappa shape index (κ1) is 28.8. The third-order valence-electron chi connectivity index (χ3n) is 5.74. The van der Waals surface area contributed by atoms with Crippen molar-refractivity contribution in [1.29, 1.82) is 0 Å². The summed E-state index contributed by atoms with van der Waals surface area (Å²) in [5.41, 5.74) is 4.11. The maximum atomic E-state index is 12.8. The molecule has 2 aromatic rings. The summed E-state index contributed by atoms with van der Waals surface area (Å²) >= 11 is 0. The SMILES string of the molecule is COc1c(C)c(C)c(OC)c(C=CCCC(NC(=O)OCc2ccccc2)C(=O)OC(C)(C)C)c1C. The molecular weight excluding hydrogens is 458 g/mol. The molecule has 0 aliphatic carbocycles. The van der Waals surface area contributed by atoms with Gasteiger partial charge in [0.05, 0.1) is 14.2 Å². The Balaban J connectivity index is 2.13. The zero-order valence-corrected chi connectivity index (χ0v) is 22.7. The van der Waals surface area contributed by atoms with Crippen molar-refractivity contribution in [3.63, 3.8) is 0 Å². The first-order valence-electron chi connectivity index (χ1n) is 12.1. The average molecular weight is 498 g/mol. The summed E-state index contributed by atoms with van der Waals surface area (Å²) in [6, 6.07) is 8.50. The van der Waals surface area contributed by atoms with E-state index in [1.807, 2.05) is 63.3 Å². The lowest BCUT2D eigenvalue weighted by Crippen LogP contribution is -2.44. The highest BCUT2D eigenvalue weighted by Crippen LogP contribution is 2.38. The Kier molecular flexibility index (Phi) is 10.4. The topological polar surface area (TPSA) is 83.1 Å². The van der Waals surface area contributed by atoms with Gasteiger partial charge in [0.15, 0.2) is 0 Å². The molecule has 1 atom stereocenters. The zero-order valence-electron chi connectivity index (χ0n) is 22.7. The number of carbonyl (C=O) groups is 2. The van der Waals surface area contributed by atoms with Gasteiger partial charge in [-0.3, -0.25) is 0 Å². The fourth-order valence-electron chi connectivity index (χ4n) is 3.88. The Hall–Kier alpha value is -3.48. The predicted octanol–water partition coefficient (Wildman–Crippen LogP) is 6.06. The second-order valence-electron chi connectivity index (χ2n) is 9.63. The molecule has 1 unspecified atom stereocenters. The minimum atomic E-state index is -0.852. The van der Waals surface area contributed by atoms with Crippen molar-refractivity contribution in [3.05, 3.63) is 64.2 Å². The summed E-state index contributed by atoms with van der Waals surface area (Å²) in [5, 5.41) is 2.66. The third-order valence-corrected chi connectivity index (χ3v) is 5.74. The van der Waals surface area contributed by atoms with E-state index in [0.717, 1.165) is 39.3 Å². The predicted molar refractivity (Wildman–Crippen MR) is 141 cm³/mol. The Morgan fingerprint density at radius 1 is 0.944 bits per heavy atom. The molecule has 2 aromatic carbocycles. The molecule has 7 nitrogen and oxygen atoms in total. The fraction of sp³-hybridized carbons (Fsp3) is 0.448. The Labute approximate surface area is 214 Å². The van der Waals surface area contributed by atoms with Crippen LogP contribution in [0.4, 0.5) is 4.79 Å². The van der Waals surface area contributed by atoms with Crippen molar-refractivity contribution in [1.82, 2.24) is 5.32 Å². The second-order valence-corrected chi connectivity index (χ2v) is 9.63. The van der Waals surface area contributed by atoms with Crippen molar-refractivity contribution < 1.29 is 28.5 Å². The quantitative estimate of drug-likeness (QED) is 0.402. The van der Waals surface area contributed by atoms with Crippen molar-refractivity contribution in [2.75, 3.05) is 14.2 Å². The lowest BCUT2D eigenvalue weighted by Gasteiger charge is -2.24. The summed E-state index contributed by atoms with van der Waals surface area (Å²) < 4.78 is 22.1. The minimum absolute atomic E-state index is 0.112. The van der Waals surface area contributed by atoms with E-state index in [2.05, 4.69) is 5.32 Å². The van der Waals surface area contributed by atoms with Crippen LogP contribution in [0, 0.1) is 20.8 Å². The molecule has 0 aliphatic heterocycles. The van der Waals surface area contributed by atoms with E-state index in [0.29, 0.717) is 12.8 Å². The van der Waals surface area contributed by atoms with Gasteiger partial charge in [-0.05, 0) is 71.1 Å². The molecular formula is C29H39NO6. The number of ether oxygens (including phenoxy) is 4. The van der Waals surface area contributed by atoms with Crippen LogP contribution in [-0.4, -0.2) is 37.9 Å². The number of methoxy groups -OCH3 is 2. The number of benzene rings is 2. The first-order valence-corrected chi connectivity index (χ1v) is 12.1. The number of rotatable bonds is 10. The number of amides is 1. The monoisotopic (exact) mass is 497 g/mol. The second kappa shape index (κ2) is 13.0. The molecule has 0 fully saturated rings. The first-order chi connectivity index (χ1) is 17.0. The van der Waals surface area contributed by atoms with Crippen LogP contribution in [0.1, 0.15) is 61.4 Å². The lowest BCUT2D eigenvalue weighted by atomic mass is 9.96. The van der Waals surface area contributed by atoms with Crippen LogP contribution in [0.2, 0.25) is 0 Å². The number of alkyl carbamates (subject to hydrolysis) is 1. The summed E-state index contributed by atoms with van der Waals surface area (Å²) in [5.74, 6) is 1.10. The summed E-state index contributed by atoms with van der Waals surface area (Å²) in [7, 11) is 3.30. The van der Waals surface area contributed by atoms with Crippen molar-refractivity contribution in [2.24, 2.45) is 0 Å². The van der Waals surface area contributed by atoms with Crippen LogP contribution in [0.3, 0.4) is 0 Å². The molecule has 0 saturated carbocycles. The Bertz CT molecular complexity index is 1070. The molecule has 0 bridgehead atoms. The van der Waals surface area contributed by atoms with Gasteiger partial charge in [-0.25, -0.2) is 9.59 Å². The maximum Gasteiger partial charge on any atom is 0.408 e. The lowest BCUT2D eigenvalue weighted by molar-refractivity contribution is -0.157. The van der Waals surface area contributed by atoms with Gasteiger partial charge in [0.1, 0.15) is 29.7 Å². The normalized spacial score (nSPS) is 12.2. The summed E-state index contributed by atoms with van der Waals surface area (Å²) in [6.07, 6.45) is 4.10. The summed E-state index contributed by atoms with van der Waals surface area (Å²) in [4.78, 5) is 25.2. The van der Waals surface area contributed by atoms with Crippen LogP contribution in [-0.2, 0) is 20.9 Å². The molecule has 0 heterocycles. The highest BCUT2D eigenvalue weighted by atomic mass is 16.6. The highest BCUT2D eigenvalue weighted by molar-refractivity contribution is 5.81. The van der Waals surface area contributed by atoms with Gasteiger partial charge in [0, 0.05) is 11.1 Å². The van der Waals surface area contributed by atoms with Crippen LogP contribution < -0.4 is 14.8 Å². The molecule has 196 valence electrons. The van der Waals surface area contributed by atoms with Gasteiger partial charge in [0.25, 0.3) is 0 Å². The van der Waals surface area contributed by atoms with Crippen molar-refractivity contribution in [3.8, 4) is 11.5 Å². The van der Waals surface area contributed by atoms with E-state index in [9.17, 15) is 9.59 Å². The van der Waals surface area contributed by atoms with Crippen LogP contribution >= 0.6 is 0 Å². The van der Waals surface area contributed by atoms with Gasteiger partial charge >= 0.3 is 12.1 Å². The van der Waals surface area contributed by atoms with E-state index in [1.54, 1.807) is 35.0 Å². The summed E-state index contributed by atoms with van der Waals surface area (Å²) in [6.45, 7) is 11.5. The molecule has 1 N–H and O–H groups in total. The molecule has 7 heteroatoms. The number of hydrogen-bond acceptors (Lipinski definition) is 6. The number of carbonyl (C=O) groups excluding carboxylic acids is 2. The molecule has 0 aromatic heterocycles. The zero-order chi connectivity index (χ0) is 26.9. The third kappa shape index (κ3) is 8.04. The number of allylic oxidation sites excluding steroid dienone is 1. The fourth-order valence-corrected chi connectivity index (χ4v) is 3.88. The molecule has 0 radical (unpaired) electrons. The van der Waals surface area contributed by atoms with Crippen molar-refractivity contribution in [2.45, 2.75) is 72.6 Å². The number of hydrogen-bond donors (Lipinski definition) is 1. The average Bonchev–Trinajstić information content (AvgIpc) is 2.82. The molecule has 0 aliphatic rings. The molecule has 2 rings (SSSR count). The largest absolute Gasteiger partial charge is 0.496 e. The Morgan fingerprint density at radius 3 is 2.14 bits per heavy atom. The standard InChI is InChI=1S/C29H39NO6/c1-19-20(2)26(34-8)23(21(3)25(19)33-7)16-12-13-17-24(27(31)36-29(4,5)6)30-28(32)35-18-22-14-10-9-11-15-22/h9-12,14-16,24H,13,17-18H2,1-8H3,(H,30,32). The van der Waals surface area contributed by atoms with Crippen LogP contribution in [0.15, 0.2) is 36.4 Å². The van der Waals surface area contributed by atoms with E-state index in [1.165, 1.54) is 0 Å². The van der Waals surface area contributed by atoms with E-state index >= 15 is 0 Å². The minimum Gasteiger partial charge on any atom is -0.496 e. The highest BCUT2D eigenvalue weighted by Gasteiger charge is 2.27. The number of nitrogens with one attached hydrogen (secondary N) is 1. The van der Waals surface area contributed by atoms with Gasteiger partial charge in [-0.1, -0.05) is 42.5 Å². The van der Waals surface area contributed by atoms with Crippen LogP contribution in [0.25, 0.3) is 6.08 Å². The van der Waals surface area contributed by atoms with Crippen LogP contribution in [0.5, 0.6) is 11.5 Å². The van der Waals surface area contributed by atoms with Gasteiger partial charge < -0.3 is 24.3 Å². The molecule has 0 spiro atoms. The van der Waals surface area contributed by atoms with Gasteiger partial charge in [0.2, 0.25) is 0 Å². The van der Waals surface area contributed by atoms with Crippen molar-refractivity contribution >= 4 is 18.1 Å². The van der Waals surface area contributed by atoms with E-state index in [4.69, 9.17) is 18.9 Å². The maximum absolute atomic E-state index is 12.8. The molecule has 0 saturated heterocycles. The Morgan fingerprint density at radius 2 is 1.56 bits per heavy atom. The molecule has 1 amide bonds. The van der Waals surface area contributed by atoms with Gasteiger partial charge in [-0.2, -0.15) is 0 Å². The smallest absolute Gasteiger partial charge is 0.408 e. The van der Waals surface area contributed by atoms with Gasteiger partial charge in [-0.15, -0.1) is 0 Å². The number of esters is 1. The van der Waals surface area contributed by atoms with E-state index in [-0.39, 0.29) is 6.61 Å².